The molecule has 29 heavy (non-hydrogen) atoms. The van der Waals surface area contributed by atoms with Crippen molar-refractivity contribution in [2.75, 3.05) is 33.0 Å². The smallest absolute Gasteiger partial charge is 0.187 e. The number of hydrogen-bond donors (Lipinski definition) is 12. The minimum atomic E-state index is -1.85. The first-order valence-corrected chi connectivity index (χ1v) is 8.71. The summed E-state index contributed by atoms with van der Waals surface area (Å²) in [4.78, 5) is 0. The van der Waals surface area contributed by atoms with Crippen molar-refractivity contribution in [1.82, 2.24) is 0 Å². The van der Waals surface area contributed by atoms with Crippen LogP contribution in [0, 0.1) is 0 Å². The van der Waals surface area contributed by atoms with Crippen LogP contribution in [-0.2, 0) is 9.47 Å². The third-order valence-corrected chi connectivity index (χ3v) is 4.05. The zero-order valence-corrected chi connectivity index (χ0v) is 15.5. The van der Waals surface area contributed by atoms with Gasteiger partial charge in [0.05, 0.1) is 33.0 Å². The van der Waals surface area contributed by atoms with Gasteiger partial charge in [-0.3, -0.25) is 0 Å². The number of hydrogen-bond acceptors (Lipinski definition) is 14. The molecular weight excluding hydrogens is 404 g/mol. The van der Waals surface area contributed by atoms with Crippen molar-refractivity contribution in [3.8, 4) is 0 Å². The van der Waals surface area contributed by atoms with Crippen LogP contribution in [0.2, 0.25) is 0 Å². The van der Waals surface area contributed by atoms with Gasteiger partial charge < -0.3 is 70.8 Å². The Morgan fingerprint density at radius 1 is 0.690 bits per heavy atom. The van der Waals surface area contributed by atoms with Crippen LogP contribution in [0.3, 0.4) is 0 Å². The second-order valence-electron chi connectivity index (χ2n) is 6.31. The van der Waals surface area contributed by atoms with Gasteiger partial charge in [0.2, 0.25) is 0 Å². The average Bonchev–Trinajstić information content (AvgIpc) is 2.75. The molecule has 0 aliphatic carbocycles. The van der Waals surface area contributed by atoms with Crippen LogP contribution >= 0.6 is 0 Å². The van der Waals surface area contributed by atoms with E-state index in [2.05, 4.69) is 0 Å². The molecule has 0 saturated carbocycles. The molecule has 12 N–H and O–H groups in total. The summed E-state index contributed by atoms with van der Waals surface area (Å²) in [6, 6.07) is 0. The van der Waals surface area contributed by atoms with Gasteiger partial charge in [-0.15, -0.1) is 0 Å². The van der Waals surface area contributed by atoms with E-state index in [0.29, 0.717) is 0 Å². The van der Waals surface area contributed by atoms with E-state index >= 15 is 0 Å². The largest absolute Gasteiger partial charge is 0.394 e. The summed E-state index contributed by atoms with van der Waals surface area (Å²) in [6.45, 7) is -3.18. The minimum Gasteiger partial charge on any atom is -0.394 e. The lowest BCUT2D eigenvalue weighted by Gasteiger charge is -2.42. The van der Waals surface area contributed by atoms with Gasteiger partial charge in [-0.2, -0.15) is 0 Å². The molecule has 0 bridgehead atoms. The summed E-state index contributed by atoms with van der Waals surface area (Å²) in [6.07, 6.45) is -16.0. The topological polar surface area (TPSA) is 261 Å². The van der Waals surface area contributed by atoms with Gasteiger partial charge in [-0.25, -0.2) is 0 Å². The Morgan fingerprint density at radius 3 is 1.59 bits per heavy atom. The van der Waals surface area contributed by atoms with Gasteiger partial charge in [0, 0.05) is 0 Å². The molecule has 1 aliphatic heterocycles. The molecule has 0 amide bonds. The van der Waals surface area contributed by atoms with Crippen molar-refractivity contribution in [3.05, 3.63) is 0 Å². The molecule has 0 radical (unpaired) electrons. The standard InChI is InChI=1S/C12H24O11.C3H8O3/c13-1-4(16)7(18)11(5(17)2-14)23-12-10(21)9(20)8(19)6(3-15)22-12;4-1-3(6)2-5/h4-21H,1-3H2;3-6H,1-2H2/t4-,5+,6+,7+,8+,9-,10+,11+,12+;/m0./s1. The van der Waals surface area contributed by atoms with Crippen molar-refractivity contribution in [2.24, 2.45) is 0 Å². The predicted molar refractivity (Wildman–Crippen MR) is 91.0 cm³/mol. The molecular formula is C15H32O14. The SMILES string of the molecule is OCC(O)CO.OC[C@@H](O)[C@@H](O[C@H]1O[C@H](CO)[C@@H](O)[C@H](O)[C@H]1O)[C@H](O)[C@@H](O)CO. The lowest BCUT2D eigenvalue weighted by molar-refractivity contribution is -0.327. The van der Waals surface area contributed by atoms with E-state index < -0.39 is 81.0 Å². The van der Waals surface area contributed by atoms with Crippen LogP contribution in [0.1, 0.15) is 0 Å². The molecule has 1 fully saturated rings. The molecule has 1 rings (SSSR count). The lowest BCUT2D eigenvalue weighted by Crippen LogP contribution is -2.61. The van der Waals surface area contributed by atoms with Crippen LogP contribution in [0.25, 0.3) is 0 Å². The van der Waals surface area contributed by atoms with E-state index in [4.69, 9.17) is 40.1 Å². The summed E-state index contributed by atoms with van der Waals surface area (Å²) < 4.78 is 10.1. The van der Waals surface area contributed by atoms with Crippen LogP contribution < -0.4 is 0 Å². The lowest BCUT2D eigenvalue weighted by atomic mass is 9.98. The van der Waals surface area contributed by atoms with Crippen LogP contribution in [0.5, 0.6) is 0 Å². The molecule has 14 nitrogen and oxygen atoms in total. The maximum atomic E-state index is 9.83. The number of ether oxygens (including phenoxy) is 2. The van der Waals surface area contributed by atoms with Crippen molar-refractivity contribution >= 4 is 0 Å². The number of rotatable bonds is 10. The Morgan fingerprint density at radius 2 is 1.21 bits per heavy atom. The maximum Gasteiger partial charge on any atom is 0.187 e. The molecule has 0 aromatic rings. The fourth-order valence-corrected chi connectivity index (χ4v) is 2.22. The van der Waals surface area contributed by atoms with Gasteiger partial charge in [-0.05, 0) is 0 Å². The first kappa shape index (κ1) is 28.4. The molecule has 1 aliphatic rings. The van der Waals surface area contributed by atoms with Crippen LogP contribution in [0.4, 0.5) is 0 Å². The predicted octanol–water partition coefficient (Wildman–Crippen LogP) is -7.43. The van der Waals surface area contributed by atoms with Gasteiger partial charge in [0.1, 0.15) is 54.9 Å². The summed E-state index contributed by atoms with van der Waals surface area (Å²) in [5.74, 6) is 0. The zero-order chi connectivity index (χ0) is 22.7. The Labute approximate surface area is 166 Å². The first-order valence-electron chi connectivity index (χ1n) is 8.71. The maximum absolute atomic E-state index is 9.83. The van der Waals surface area contributed by atoms with Gasteiger partial charge in [0.15, 0.2) is 6.29 Å². The number of aliphatic hydroxyl groups excluding tert-OH is 12. The van der Waals surface area contributed by atoms with Crippen molar-refractivity contribution < 1.29 is 70.8 Å². The Balaban J connectivity index is 0.00000113. The molecule has 0 aromatic carbocycles. The second-order valence-corrected chi connectivity index (χ2v) is 6.31. The van der Waals surface area contributed by atoms with Gasteiger partial charge >= 0.3 is 0 Å². The Hall–Kier alpha value is -0.560. The minimum absolute atomic E-state index is 0.365. The molecule has 0 aromatic heterocycles. The first-order chi connectivity index (χ1) is 13.6. The highest BCUT2D eigenvalue weighted by Crippen LogP contribution is 2.24. The van der Waals surface area contributed by atoms with Crippen LogP contribution in [0.15, 0.2) is 0 Å². The Kier molecular flexibility index (Phi) is 14.2. The van der Waals surface area contributed by atoms with Crippen molar-refractivity contribution in [3.63, 3.8) is 0 Å². The third-order valence-electron chi connectivity index (χ3n) is 4.05. The molecule has 0 spiro atoms. The van der Waals surface area contributed by atoms with Crippen molar-refractivity contribution in [2.45, 2.75) is 61.2 Å². The Bertz CT molecular complexity index is 408. The van der Waals surface area contributed by atoms with E-state index in [0.717, 1.165) is 0 Å². The van der Waals surface area contributed by atoms with E-state index in [1.54, 1.807) is 0 Å². The monoisotopic (exact) mass is 436 g/mol. The summed E-state index contributed by atoms with van der Waals surface area (Å²) in [5.41, 5.74) is 0. The van der Waals surface area contributed by atoms with Crippen LogP contribution in [-0.4, -0.2) is 156 Å². The van der Waals surface area contributed by atoms with E-state index in [-0.39, 0.29) is 13.2 Å². The van der Waals surface area contributed by atoms with E-state index in [1.165, 1.54) is 0 Å². The highest BCUT2D eigenvalue weighted by Gasteiger charge is 2.46. The molecule has 0 unspecified atom stereocenters. The van der Waals surface area contributed by atoms with Crippen molar-refractivity contribution in [1.29, 1.82) is 0 Å². The third kappa shape index (κ3) is 8.60. The normalized spacial score (nSPS) is 31.6. The van der Waals surface area contributed by atoms with E-state index in [1.807, 2.05) is 0 Å². The summed E-state index contributed by atoms with van der Waals surface area (Å²) in [5, 5.41) is 109. The van der Waals surface area contributed by atoms with Gasteiger partial charge in [0.25, 0.3) is 0 Å². The highest BCUT2D eigenvalue weighted by molar-refractivity contribution is 4.91. The highest BCUT2D eigenvalue weighted by atomic mass is 16.7. The number of aliphatic hydroxyl groups is 12. The van der Waals surface area contributed by atoms with Gasteiger partial charge in [-0.1, -0.05) is 0 Å². The molecule has 1 saturated heterocycles. The summed E-state index contributed by atoms with van der Waals surface area (Å²) in [7, 11) is 0. The zero-order valence-electron chi connectivity index (χ0n) is 15.5. The molecule has 14 heteroatoms. The molecule has 1 heterocycles. The molecule has 176 valence electrons. The fourth-order valence-electron chi connectivity index (χ4n) is 2.22. The fraction of sp³-hybridized carbons (Fsp3) is 1.00. The summed E-state index contributed by atoms with van der Waals surface area (Å²) >= 11 is 0. The van der Waals surface area contributed by atoms with E-state index in [9.17, 15) is 30.6 Å². The molecule has 9 atom stereocenters. The second kappa shape index (κ2) is 14.4. The average molecular weight is 436 g/mol. The quantitative estimate of drug-likeness (QED) is 0.152.